The summed E-state index contributed by atoms with van der Waals surface area (Å²) >= 11 is 1.46. The van der Waals surface area contributed by atoms with Gasteiger partial charge in [0.15, 0.2) is 0 Å². The van der Waals surface area contributed by atoms with Crippen LogP contribution in [0.15, 0.2) is 53.9 Å². The summed E-state index contributed by atoms with van der Waals surface area (Å²) in [6, 6.07) is 14.3. The van der Waals surface area contributed by atoms with Crippen molar-refractivity contribution in [1.82, 2.24) is 4.98 Å². The van der Waals surface area contributed by atoms with Gasteiger partial charge in [0, 0.05) is 11.1 Å². The molecule has 3 rings (SSSR count). The molecule has 0 aliphatic rings. The summed E-state index contributed by atoms with van der Waals surface area (Å²) in [4.78, 5) is 28.1. The number of carbonyl (C=O) groups is 2. The maximum Gasteiger partial charge on any atom is 0.337 e. The van der Waals surface area contributed by atoms with E-state index in [0.29, 0.717) is 23.6 Å². The molecule has 1 aromatic heterocycles. The largest absolute Gasteiger partial charge is 0.486 e. The zero-order valence-corrected chi connectivity index (χ0v) is 16.4. The van der Waals surface area contributed by atoms with E-state index < -0.39 is 5.97 Å². The number of hydrogen-bond donors (Lipinski definition) is 1. The van der Waals surface area contributed by atoms with Crippen LogP contribution in [0.2, 0.25) is 0 Å². The van der Waals surface area contributed by atoms with E-state index in [-0.39, 0.29) is 12.3 Å². The number of nitrogens with zero attached hydrogens (tertiary/aromatic N) is 1. The normalized spacial score (nSPS) is 10.4. The quantitative estimate of drug-likeness (QED) is 0.611. The average Bonchev–Trinajstić information content (AvgIpc) is 3.14. The zero-order chi connectivity index (χ0) is 19.9. The van der Waals surface area contributed by atoms with E-state index >= 15 is 0 Å². The van der Waals surface area contributed by atoms with Gasteiger partial charge in [-0.15, -0.1) is 11.3 Å². The zero-order valence-electron chi connectivity index (χ0n) is 15.6. The summed E-state index contributed by atoms with van der Waals surface area (Å²) in [5.41, 5.74) is 2.90. The number of esters is 1. The van der Waals surface area contributed by atoms with Crippen molar-refractivity contribution in [3.8, 4) is 5.75 Å². The Morgan fingerprint density at radius 3 is 2.46 bits per heavy atom. The molecule has 2 aromatic carbocycles. The summed E-state index contributed by atoms with van der Waals surface area (Å²) in [5, 5.41) is 5.46. The molecule has 0 unspecified atom stereocenters. The van der Waals surface area contributed by atoms with Gasteiger partial charge in [0.1, 0.15) is 17.4 Å². The standard InChI is InChI=1S/C21H20N2O4S/c1-14-3-9-18(10-4-14)27-12-20-23-17(13-28-20)11-19(24)22-16-7-5-15(6-8-16)21(25)26-2/h3-10,13H,11-12H2,1-2H3,(H,22,24). The monoisotopic (exact) mass is 396 g/mol. The van der Waals surface area contributed by atoms with Crippen LogP contribution in [0.3, 0.4) is 0 Å². The Labute approximate surface area is 167 Å². The number of nitrogens with one attached hydrogen (secondary N) is 1. The van der Waals surface area contributed by atoms with E-state index in [9.17, 15) is 9.59 Å². The van der Waals surface area contributed by atoms with Crippen LogP contribution >= 0.6 is 11.3 Å². The number of ether oxygens (including phenoxy) is 2. The smallest absolute Gasteiger partial charge is 0.337 e. The van der Waals surface area contributed by atoms with Crippen molar-refractivity contribution in [3.05, 3.63) is 75.7 Å². The average molecular weight is 396 g/mol. The fourth-order valence-corrected chi connectivity index (χ4v) is 3.16. The first-order chi connectivity index (χ1) is 13.5. The minimum atomic E-state index is -0.416. The predicted octanol–water partition coefficient (Wildman–Crippen LogP) is 4.00. The molecular weight excluding hydrogens is 376 g/mol. The minimum Gasteiger partial charge on any atom is -0.486 e. The first-order valence-electron chi connectivity index (χ1n) is 8.64. The third kappa shape index (κ3) is 5.40. The molecule has 0 aliphatic carbocycles. The molecule has 0 radical (unpaired) electrons. The van der Waals surface area contributed by atoms with Crippen LogP contribution in [0, 0.1) is 6.92 Å². The molecule has 144 valence electrons. The van der Waals surface area contributed by atoms with E-state index in [4.69, 9.17) is 4.74 Å². The van der Waals surface area contributed by atoms with Crippen LogP contribution in [0.4, 0.5) is 5.69 Å². The Balaban J connectivity index is 1.50. The van der Waals surface area contributed by atoms with Gasteiger partial charge in [-0.25, -0.2) is 9.78 Å². The van der Waals surface area contributed by atoms with Crippen LogP contribution in [-0.2, 0) is 22.6 Å². The van der Waals surface area contributed by atoms with Gasteiger partial charge in [0.25, 0.3) is 0 Å². The SMILES string of the molecule is COC(=O)c1ccc(NC(=O)Cc2csc(COc3ccc(C)cc3)n2)cc1. The van der Waals surface area contributed by atoms with Gasteiger partial charge in [-0.1, -0.05) is 17.7 Å². The van der Waals surface area contributed by atoms with Gasteiger partial charge in [-0.3, -0.25) is 4.79 Å². The molecule has 6 nitrogen and oxygen atoms in total. The van der Waals surface area contributed by atoms with Gasteiger partial charge >= 0.3 is 5.97 Å². The van der Waals surface area contributed by atoms with Gasteiger partial charge in [0.2, 0.25) is 5.91 Å². The molecule has 0 aliphatic heterocycles. The van der Waals surface area contributed by atoms with Crippen molar-refractivity contribution < 1.29 is 19.1 Å². The molecule has 0 bridgehead atoms. The Bertz CT molecular complexity index is 949. The summed E-state index contributed by atoms with van der Waals surface area (Å²) < 4.78 is 10.4. The summed E-state index contributed by atoms with van der Waals surface area (Å²) in [5.74, 6) is 0.193. The number of rotatable bonds is 7. The lowest BCUT2D eigenvalue weighted by Gasteiger charge is -2.05. The number of anilines is 1. The lowest BCUT2D eigenvalue weighted by molar-refractivity contribution is -0.115. The molecule has 0 fully saturated rings. The van der Waals surface area contributed by atoms with Crippen molar-refractivity contribution in [1.29, 1.82) is 0 Å². The molecule has 28 heavy (non-hydrogen) atoms. The lowest BCUT2D eigenvalue weighted by Crippen LogP contribution is -2.14. The number of aryl methyl sites for hydroxylation is 1. The molecular formula is C21H20N2O4S. The highest BCUT2D eigenvalue weighted by Gasteiger charge is 2.10. The van der Waals surface area contributed by atoms with E-state index in [0.717, 1.165) is 10.8 Å². The van der Waals surface area contributed by atoms with E-state index in [1.54, 1.807) is 24.3 Å². The summed E-state index contributed by atoms with van der Waals surface area (Å²) in [6.07, 6.45) is 0.166. The number of aromatic nitrogens is 1. The molecule has 1 N–H and O–H groups in total. The fourth-order valence-electron chi connectivity index (χ4n) is 2.45. The van der Waals surface area contributed by atoms with Crippen molar-refractivity contribution in [2.24, 2.45) is 0 Å². The topological polar surface area (TPSA) is 77.5 Å². The van der Waals surface area contributed by atoms with Crippen molar-refractivity contribution in [2.75, 3.05) is 12.4 Å². The van der Waals surface area contributed by atoms with Crippen LogP contribution < -0.4 is 10.1 Å². The first-order valence-corrected chi connectivity index (χ1v) is 9.52. The maximum atomic E-state index is 12.2. The predicted molar refractivity (Wildman–Crippen MR) is 108 cm³/mol. The Kier molecular flexibility index (Phi) is 6.39. The molecule has 1 amide bonds. The number of carbonyl (C=O) groups excluding carboxylic acids is 2. The maximum absolute atomic E-state index is 12.2. The third-order valence-electron chi connectivity index (χ3n) is 3.91. The highest BCUT2D eigenvalue weighted by atomic mass is 32.1. The van der Waals surface area contributed by atoms with Crippen LogP contribution in [0.1, 0.15) is 26.6 Å². The van der Waals surface area contributed by atoms with Crippen molar-refractivity contribution in [3.63, 3.8) is 0 Å². The molecule has 0 spiro atoms. The summed E-state index contributed by atoms with van der Waals surface area (Å²) in [6.45, 7) is 2.39. The van der Waals surface area contributed by atoms with Gasteiger partial charge < -0.3 is 14.8 Å². The first kappa shape index (κ1) is 19.6. The van der Waals surface area contributed by atoms with Crippen LogP contribution in [-0.4, -0.2) is 24.0 Å². The lowest BCUT2D eigenvalue weighted by atomic mass is 10.2. The van der Waals surface area contributed by atoms with Crippen LogP contribution in [0.5, 0.6) is 5.75 Å². The van der Waals surface area contributed by atoms with Gasteiger partial charge in [-0.05, 0) is 43.3 Å². The molecule has 0 saturated carbocycles. The van der Waals surface area contributed by atoms with E-state index in [1.807, 2.05) is 36.6 Å². The molecule has 7 heteroatoms. The summed E-state index contributed by atoms with van der Waals surface area (Å²) in [7, 11) is 1.33. The number of hydrogen-bond acceptors (Lipinski definition) is 6. The van der Waals surface area contributed by atoms with Crippen molar-refractivity contribution in [2.45, 2.75) is 20.0 Å². The Morgan fingerprint density at radius 2 is 1.79 bits per heavy atom. The molecule has 0 atom stereocenters. The van der Waals surface area contributed by atoms with Gasteiger partial charge in [0.05, 0.1) is 24.8 Å². The van der Waals surface area contributed by atoms with E-state index in [1.165, 1.54) is 24.0 Å². The highest BCUT2D eigenvalue weighted by Crippen LogP contribution is 2.17. The molecule has 1 heterocycles. The Morgan fingerprint density at radius 1 is 1.07 bits per heavy atom. The number of methoxy groups -OCH3 is 1. The van der Waals surface area contributed by atoms with Gasteiger partial charge in [-0.2, -0.15) is 0 Å². The second kappa shape index (κ2) is 9.14. The molecule has 3 aromatic rings. The molecule has 0 saturated heterocycles. The second-order valence-electron chi connectivity index (χ2n) is 6.13. The number of benzene rings is 2. The minimum absolute atomic E-state index is 0.166. The fraction of sp³-hybridized carbons (Fsp3) is 0.190. The second-order valence-corrected chi connectivity index (χ2v) is 7.07. The third-order valence-corrected chi connectivity index (χ3v) is 4.79. The van der Waals surface area contributed by atoms with E-state index in [2.05, 4.69) is 15.0 Å². The van der Waals surface area contributed by atoms with Crippen molar-refractivity contribution >= 4 is 28.9 Å². The Hall–Kier alpha value is -3.19. The number of amides is 1. The highest BCUT2D eigenvalue weighted by molar-refractivity contribution is 7.09. The number of thiazole rings is 1. The van der Waals surface area contributed by atoms with Crippen LogP contribution in [0.25, 0.3) is 0 Å².